The maximum absolute atomic E-state index is 5.44. The molecule has 4 N–H and O–H groups in total. The summed E-state index contributed by atoms with van der Waals surface area (Å²) in [6.45, 7) is 8.23. The average molecular weight is 229 g/mol. The third-order valence-electron chi connectivity index (χ3n) is 2.32. The Morgan fingerprint density at radius 2 is 2.00 bits per heavy atom. The largest absolute Gasteiger partial charge is 0.351 e. The first kappa shape index (κ1) is 15.2. The van der Waals surface area contributed by atoms with Gasteiger partial charge in [-0.15, -0.1) is 0 Å². The second kappa shape index (κ2) is 8.35. The highest BCUT2D eigenvalue weighted by Gasteiger charge is 2.15. The first-order valence-corrected chi connectivity index (χ1v) is 5.93. The lowest BCUT2D eigenvalue weighted by molar-refractivity contribution is 0.311. The van der Waals surface area contributed by atoms with Gasteiger partial charge in [-0.05, 0) is 26.4 Å². The molecule has 0 amide bonds. The van der Waals surface area contributed by atoms with Crippen LogP contribution in [0.15, 0.2) is 4.99 Å². The standard InChI is InChI=1S/C11H27N5/c1-6-7-13-11(15-12)14-10(9(2)3)8-16(4)5/h9-10H,6-8,12H2,1-5H3,(H2,13,14,15). The summed E-state index contributed by atoms with van der Waals surface area (Å²) in [5, 5.41) is 3.34. The van der Waals surface area contributed by atoms with Crippen LogP contribution < -0.4 is 16.6 Å². The molecule has 0 bridgehead atoms. The Hall–Kier alpha value is -0.810. The van der Waals surface area contributed by atoms with Gasteiger partial charge in [0.2, 0.25) is 5.96 Å². The zero-order valence-electron chi connectivity index (χ0n) is 11.2. The normalized spacial score (nSPS) is 14.4. The van der Waals surface area contributed by atoms with Gasteiger partial charge in [0.05, 0.1) is 0 Å². The number of hydrogen-bond acceptors (Lipinski definition) is 3. The van der Waals surface area contributed by atoms with E-state index in [0.29, 0.717) is 17.9 Å². The molecular formula is C11H27N5. The quantitative estimate of drug-likeness (QED) is 0.267. The van der Waals surface area contributed by atoms with Crippen LogP contribution in [0.25, 0.3) is 0 Å². The first-order valence-electron chi connectivity index (χ1n) is 5.93. The molecule has 5 heteroatoms. The molecule has 0 saturated carbocycles. The maximum Gasteiger partial charge on any atom is 0.205 e. The second-order valence-corrected chi connectivity index (χ2v) is 4.63. The summed E-state index contributed by atoms with van der Waals surface area (Å²) in [4.78, 5) is 6.50. The number of hydrogen-bond donors (Lipinski definition) is 3. The average Bonchev–Trinajstić information content (AvgIpc) is 2.21. The van der Waals surface area contributed by atoms with Crippen LogP contribution in [0.4, 0.5) is 0 Å². The molecule has 0 rings (SSSR count). The summed E-state index contributed by atoms with van der Waals surface area (Å²) < 4.78 is 0. The Morgan fingerprint density at radius 1 is 1.38 bits per heavy atom. The predicted molar refractivity (Wildman–Crippen MR) is 70.2 cm³/mol. The van der Waals surface area contributed by atoms with Gasteiger partial charge < -0.3 is 10.2 Å². The fourth-order valence-corrected chi connectivity index (χ4v) is 1.35. The van der Waals surface area contributed by atoms with Gasteiger partial charge in [0.25, 0.3) is 0 Å². The lowest BCUT2D eigenvalue weighted by Gasteiger charge is -2.26. The van der Waals surface area contributed by atoms with Gasteiger partial charge >= 0.3 is 0 Å². The van der Waals surface area contributed by atoms with Gasteiger partial charge in [0.15, 0.2) is 0 Å². The number of hydrazine groups is 1. The molecule has 0 aromatic rings. The summed E-state index contributed by atoms with van der Waals surface area (Å²) in [7, 11) is 4.13. The Morgan fingerprint density at radius 3 is 2.38 bits per heavy atom. The molecule has 0 saturated heterocycles. The van der Waals surface area contributed by atoms with E-state index in [1.807, 2.05) is 0 Å². The molecule has 5 nitrogen and oxygen atoms in total. The van der Waals surface area contributed by atoms with E-state index in [4.69, 9.17) is 5.84 Å². The van der Waals surface area contributed by atoms with Crippen LogP contribution in [0.2, 0.25) is 0 Å². The zero-order valence-corrected chi connectivity index (χ0v) is 11.2. The molecule has 16 heavy (non-hydrogen) atoms. The minimum absolute atomic E-state index is 0.349. The zero-order chi connectivity index (χ0) is 12.6. The van der Waals surface area contributed by atoms with E-state index in [-0.39, 0.29) is 0 Å². The van der Waals surface area contributed by atoms with Crippen LogP contribution in [0, 0.1) is 5.92 Å². The third kappa shape index (κ3) is 6.63. The third-order valence-corrected chi connectivity index (χ3v) is 2.32. The highest BCUT2D eigenvalue weighted by atomic mass is 15.3. The molecule has 96 valence electrons. The molecule has 0 aliphatic heterocycles. The van der Waals surface area contributed by atoms with E-state index in [0.717, 1.165) is 19.5 Å². The minimum atomic E-state index is 0.349. The molecule has 0 radical (unpaired) electrons. The maximum atomic E-state index is 5.44. The van der Waals surface area contributed by atoms with E-state index in [9.17, 15) is 0 Å². The van der Waals surface area contributed by atoms with Gasteiger partial charge in [-0.25, -0.2) is 5.84 Å². The Kier molecular flexibility index (Phi) is 7.93. The van der Waals surface area contributed by atoms with Crippen molar-refractivity contribution in [2.24, 2.45) is 16.8 Å². The van der Waals surface area contributed by atoms with Crippen LogP contribution in [-0.2, 0) is 0 Å². The highest BCUT2D eigenvalue weighted by molar-refractivity contribution is 5.79. The predicted octanol–water partition coefficient (Wildman–Crippen LogP) is 0.392. The number of aliphatic imine (C=N–C) groups is 1. The van der Waals surface area contributed by atoms with Crippen molar-refractivity contribution in [1.82, 2.24) is 15.6 Å². The summed E-state index contributed by atoms with van der Waals surface area (Å²) in [5.41, 5.74) is 2.62. The van der Waals surface area contributed by atoms with Crippen molar-refractivity contribution in [3.63, 3.8) is 0 Å². The molecule has 1 unspecified atom stereocenters. The molecule has 0 heterocycles. The molecule has 0 aromatic heterocycles. The number of rotatable bonds is 6. The first-order chi connectivity index (χ1) is 7.51. The number of nitrogens with two attached hydrogens (primary N) is 1. The number of guanidine groups is 1. The summed E-state index contributed by atoms with van der Waals surface area (Å²) >= 11 is 0. The monoisotopic (exact) mass is 229 g/mol. The Bertz CT molecular complexity index is 201. The van der Waals surface area contributed by atoms with Crippen molar-refractivity contribution in [3.8, 4) is 0 Å². The SMILES string of the molecule is CCCN=C(NN)NC(CN(C)C)C(C)C. The number of nitrogens with one attached hydrogen (secondary N) is 2. The number of nitrogens with zero attached hydrogens (tertiary/aromatic N) is 2. The molecule has 0 aromatic carbocycles. The Labute approximate surface area is 99.5 Å². The second-order valence-electron chi connectivity index (χ2n) is 4.63. The molecule has 0 aliphatic carbocycles. The van der Waals surface area contributed by atoms with Crippen LogP contribution in [0.3, 0.4) is 0 Å². The fourth-order valence-electron chi connectivity index (χ4n) is 1.35. The van der Waals surface area contributed by atoms with Crippen molar-refractivity contribution in [2.75, 3.05) is 27.2 Å². The highest BCUT2D eigenvalue weighted by Crippen LogP contribution is 2.02. The van der Waals surface area contributed by atoms with Crippen LogP contribution in [0.1, 0.15) is 27.2 Å². The van der Waals surface area contributed by atoms with Crippen LogP contribution >= 0.6 is 0 Å². The van der Waals surface area contributed by atoms with Gasteiger partial charge in [-0.3, -0.25) is 10.4 Å². The molecule has 0 fully saturated rings. The minimum Gasteiger partial charge on any atom is -0.351 e. The van der Waals surface area contributed by atoms with Crippen molar-refractivity contribution < 1.29 is 0 Å². The fraction of sp³-hybridized carbons (Fsp3) is 0.909. The smallest absolute Gasteiger partial charge is 0.205 e. The van der Waals surface area contributed by atoms with Crippen LogP contribution in [-0.4, -0.2) is 44.1 Å². The lowest BCUT2D eigenvalue weighted by Crippen LogP contribution is -2.51. The molecule has 0 spiro atoms. The summed E-state index contributed by atoms with van der Waals surface area (Å²) in [6.07, 6.45) is 1.02. The van der Waals surface area contributed by atoms with E-state index in [1.54, 1.807) is 0 Å². The van der Waals surface area contributed by atoms with E-state index < -0.39 is 0 Å². The van der Waals surface area contributed by atoms with Crippen molar-refractivity contribution in [3.05, 3.63) is 0 Å². The van der Waals surface area contributed by atoms with E-state index >= 15 is 0 Å². The van der Waals surface area contributed by atoms with Gasteiger partial charge in [-0.1, -0.05) is 20.8 Å². The molecular weight excluding hydrogens is 202 g/mol. The van der Waals surface area contributed by atoms with Gasteiger partial charge in [0, 0.05) is 19.1 Å². The summed E-state index contributed by atoms with van der Waals surface area (Å²) in [5.74, 6) is 6.65. The summed E-state index contributed by atoms with van der Waals surface area (Å²) in [6, 6.07) is 0.349. The topological polar surface area (TPSA) is 65.7 Å². The molecule has 0 aliphatic rings. The van der Waals surface area contributed by atoms with Crippen molar-refractivity contribution in [2.45, 2.75) is 33.2 Å². The number of likely N-dealkylation sites (N-methyl/N-ethyl adjacent to an activating group) is 1. The van der Waals surface area contributed by atoms with Gasteiger partial charge in [0.1, 0.15) is 0 Å². The van der Waals surface area contributed by atoms with Crippen molar-refractivity contribution in [1.29, 1.82) is 0 Å². The Balaban J connectivity index is 4.34. The lowest BCUT2D eigenvalue weighted by atomic mass is 10.0. The van der Waals surface area contributed by atoms with E-state index in [2.05, 4.69) is 55.5 Å². The van der Waals surface area contributed by atoms with Crippen LogP contribution in [0.5, 0.6) is 0 Å². The van der Waals surface area contributed by atoms with Gasteiger partial charge in [-0.2, -0.15) is 0 Å². The van der Waals surface area contributed by atoms with Crippen molar-refractivity contribution >= 4 is 5.96 Å². The molecule has 1 atom stereocenters. The van der Waals surface area contributed by atoms with E-state index in [1.165, 1.54) is 0 Å².